The molecule has 0 aromatic carbocycles. The monoisotopic (exact) mass is 352 g/mol. The third kappa shape index (κ3) is 6.86. The van der Waals surface area contributed by atoms with Gasteiger partial charge < -0.3 is 0 Å². The van der Waals surface area contributed by atoms with E-state index in [1.54, 1.807) is 0 Å². The number of hydroxylamine groups is 1. The SMILES string of the molecule is N[C@@H](C[Se][Se]C[C@H]([NH2+][O-])C(=O)O)C(=O)O. The molecule has 0 bridgehead atoms. The Bertz CT molecular complexity index is 228. The summed E-state index contributed by atoms with van der Waals surface area (Å²) in [6, 6.07) is -1.82. The average Bonchev–Trinajstić information content (AvgIpc) is 2.16. The summed E-state index contributed by atoms with van der Waals surface area (Å²) in [6.07, 6.45) is 0. The van der Waals surface area contributed by atoms with Crippen molar-refractivity contribution in [3.63, 3.8) is 0 Å². The summed E-state index contributed by atoms with van der Waals surface area (Å²) >= 11 is 0.0333. The number of carbonyl (C=O) groups is 2. The number of rotatable bonds is 8. The van der Waals surface area contributed by atoms with Crippen molar-refractivity contribution in [2.24, 2.45) is 5.73 Å². The van der Waals surface area contributed by atoms with Crippen LogP contribution in [0.25, 0.3) is 0 Å². The van der Waals surface area contributed by atoms with Crippen LogP contribution >= 0.6 is 0 Å². The minimum absolute atomic E-state index is 0.00400. The summed E-state index contributed by atoms with van der Waals surface area (Å²) < 4.78 is 0. The summed E-state index contributed by atoms with van der Waals surface area (Å²) in [7, 11) is 0. The van der Waals surface area contributed by atoms with E-state index in [9.17, 15) is 14.8 Å². The molecule has 0 aliphatic heterocycles. The van der Waals surface area contributed by atoms with E-state index in [1.807, 2.05) is 0 Å². The van der Waals surface area contributed by atoms with Gasteiger partial charge in [-0.3, -0.25) is 0 Å². The molecular weight excluding hydrogens is 338 g/mol. The molecule has 9 heteroatoms. The fourth-order valence-corrected chi connectivity index (χ4v) is 7.56. The molecule has 0 radical (unpaired) electrons. The molecule has 0 rings (SSSR count). The predicted molar refractivity (Wildman–Crippen MR) is 53.4 cm³/mol. The Balaban J connectivity index is 3.61. The van der Waals surface area contributed by atoms with E-state index in [1.165, 1.54) is 0 Å². The van der Waals surface area contributed by atoms with Crippen molar-refractivity contribution in [1.29, 1.82) is 0 Å². The maximum atomic E-state index is 10.4. The first kappa shape index (κ1) is 14.9. The van der Waals surface area contributed by atoms with Crippen molar-refractivity contribution < 1.29 is 25.3 Å². The molecule has 2 atom stereocenters. The van der Waals surface area contributed by atoms with Crippen LogP contribution in [0.15, 0.2) is 0 Å². The fraction of sp³-hybridized carbons (Fsp3) is 0.667. The molecule has 0 saturated carbocycles. The van der Waals surface area contributed by atoms with Crippen molar-refractivity contribution >= 4 is 38.2 Å². The number of aliphatic carboxylic acids is 2. The van der Waals surface area contributed by atoms with Gasteiger partial charge in [-0.2, -0.15) is 0 Å². The van der Waals surface area contributed by atoms with Crippen LogP contribution in [0.5, 0.6) is 0 Å². The van der Waals surface area contributed by atoms with Crippen molar-refractivity contribution in [1.82, 2.24) is 0 Å². The van der Waals surface area contributed by atoms with Crippen molar-refractivity contribution in [2.75, 3.05) is 0 Å². The zero-order chi connectivity index (χ0) is 11.8. The normalized spacial score (nSPS) is 14.5. The quantitative estimate of drug-likeness (QED) is 0.210. The summed E-state index contributed by atoms with van der Waals surface area (Å²) in [5.41, 5.74) is 5.68. The molecule has 0 fully saturated rings. The van der Waals surface area contributed by atoms with E-state index in [-0.39, 0.29) is 26.3 Å². The Morgan fingerprint density at radius 1 is 1.27 bits per heavy atom. The van der Waals surface area contributed by atoms with Gasteiger partial charge in [-0.05, 0) is 0 Å². The first-order chi connectivity index (χ1) is 6.99. The summed E-state index contributed by atoms with van der Waals surface area (Å²) in [6.45, 7) is 0. The van der Waals surface area contributed by atoms with E-state index >= 15 is 0 Å². The number of carboxylic acid groups (broad SMARTS) is 2. The first-order valence-electron chi connectivity index (χ1n) is 3.90. The van der Waals surface area contributed by atoms with E-state index in [0.29, 0.717) is 16.1 Å². The molecule has 0 unspecified atom stereocenters. The number of quaternary nitrogens is 1. The van der Waals surface area contributed by atoms with Crippen LogP contribution in [0.1, 0.15) is 0 Å². The second-order valence-corrected chi connectivity index (χ2v) is 10.1. The van der Waals surface area contributed by atoms with Gasteiger partial charge in [0.2, 0.25) is 0 Å². The van der Waals surface area contributed by atoms with E-state index in [4.69, 9.17) is 15.9 Å². The Labute approximate surface area is 97.2 Å². The number of carboxylic acids is 2. The summed E-state index contributed by atoms with van der Waals surface area (Å²) in [5, 5.41) is 28.0. The molecular formula is C6H12N2O5Se2. The van der Waals surface area contributed by atoms with E-state index in [2.05, 4.69) is 0 Å². The molecule has 0 aromatic heterocycles. The number of hydrogen-bond donors (Lipinski definition) is 4. The van der Waals surface area contributed by atoms with Crippen LogP contribution in [0, 0.1) is 5.21 Å². The molecule has 0 aliphatic rings. The molecule has 0 saturated heterocycles. The van der Waals surface area contributed by atoms with Gasteiger partial charge in [-0.1, -0.05) is 0 Å². The molecule has 15 heavy (non-hydrogen) atoms. The van der Waals surface area contributed by atoms with E-state index in [0.717, 1.165) is 0 Å². The van der Waals surface area contributed by atoms with Crippen LogP contribution in [0.4, 0.5) is 0 Å². The van der Waals surface area contributed by atoms with Gasteiger partial charge in [0, 0.05) is 0 Å². The number of hydrogen-bond acceptors (Lipinski definition) is 4. The number of nitrogens with two attached hydrogens (primary N) is 2. The van der Waals surface area contributed by atoms with Crippen LogP contribution < -0.4 is 11.2 Å². The molecule has 0 heterocycles. The van der Waals surface area contributed by atoms with Crippen molar-refractivity contribution in [3.05, 3.63) is 5.21 Å². The Kier molecular flexibility index (Phi) is 7.99. The van der Waals surface area contributed by atoms with Gasteiger partial charge in [0.15, 0.2) is 0 Å². The second-order valence-electron chi connectivity index (χ2n) is 2.59. The van der Waals surface area contributed by atoms with Crippen LogP contribution in [-0.4, -0.2) is 60.5 Å². The van der Waals surface area contributed by atoms with Gasteiger partial charge >= 0.3 is 97.1 Å². The molecule has 0 aromatic rings. The summed E-state index contributed by atoms with van der Waals surface area (Å²) in [4.78, 5) is 20.8. The molecule has 7 nitrogen and oxygen atoms in total. The topological polar surface area (TPSA) is 140 Å². The van der Waals surface area contributed by atoms with Gasteiger partial charge in [0.05, 0.1) is 0 Å². The van der Waals surface area contributed by atoms with Gasteiger partial charge in [0.1, 0.15) is 0 Å². The molecule has 6 N–H and O–H groups in total. The average molecular weight is 350 g/mol. The standard InChI is InChI=1S/C6H12N2O5Se2/c7-3(5(9)10)1-14-15-2-4(8-13)6(11)12/h3-4H,1-2,7-8H2,(H,9,10)(H,11,12)/t3-,4-/m0/s1. The van der Waals surface area contributed by atoms with Crippen LogP contribution in [0.2, 0.25) is 10.6 Å². The Hall–Kier alpha value is -0.141. The molecule has 0 spiro atoms. The van der Waals surface area contributed by atoms with Gasteiger partial charge in [0.25, 0.3) is 0 Å². The minimum atomic E-state index is -1.12. The maximum absolute atomic E-state index is 10.4. The first-order valence-corrected chi connectivity index (χ1v) is 10.7. The Morgan fingerprint density at radius 3 is 2.20 bits per heavy atom. The van der Waals surface area contributed by atoms with E-state index < -0.39 is 24.0 Å². The third-order valence-corrected chi connectivity index (χ3v) is 8.59. The van der Waals surface area contributed by atoms with Gasteiger partial charge in [-0.25, -0.2) is 0 Å². The molecule has 0 amide bonds. The summed E-state index contributed by atoms with van der Waals surface area (Å²) in [5.74, 6) is -2.16. The van der Waals surface area contributed by atoms with Crippen molar-refractivity contribution in [2.45, 2.75) is 22.7 Å². The third-order valence-electron chi connectivity index (χ3n) is 1.38. The van der Waals surface area contributed by atoms with Gasteiger partial charge in [-0.15, -0.1) is 0 Å². The second kappa shape index (κ2) is 8.06. The van der Waals surface area contributed by atoms with Crippen molar-refractivity contribution in [3.8, 4) is 0 Å². The molecule has 0 aliphatic carbocycles. The van der Waals surface area contributed by atoms with Crippen LogP contribution in [0.3, 0.4) is 0 Å². The molecule has 88 valence electrons. The zero-order valence-electron chi connectivity index (χ0n) is 7.66. The van der Waals surface area contributed by atoms with Crippen LogP contribution in [-0.2, 0) is 9.59 Å². The Morgan fingerprint density at radius 2 is 1.80 bits per heavy atom. The fourth-order valence-electron chi connectivity index (χ4n) is 0.483. The zero-order valence-corrected chi connectivity index (χ0v) is 11.1. The predicted octanol–water partition coefficient (Wildman–Crippen LogP) is -2.93.